The molecule has 0 saturated carbocycles. The molecule has 33 heavy (non-hydrogen) atoms. The average Bonchev–Trinajstić information content (AvgIpc) is 2.55. The molecule has 0 aliphatic rings. The maximum absolute atomic E-state index is 14.1. The van der Waals surface area contributed by atoms with Crippen LogP contribution in [0.15, 0.2) is 18.2 Å². The number of benzene rings is 1. The van der Waals surface area contributed by atoms with Crippen LogP contribution < -0.4 is 5.32 Å². The van der Waals surface area contributed by atoms with Gasteiger partial charge in [0, 0.05) is 5.56 Å². The zero-order valence-corrected chi connectivity index (χ0v) is 20.9. The fourth-order valence-corrected chi connectivity index (χ4v) is 2.79. The molecule has 0 aliphatic heterocycles. The highest BCUT2D eigenvalue weighted by Crippen LogP contribution is 2.34. The summed E-state index contributed by atoms with van der Waals surface area (Å²) in [7, 11) is 0. The third-order valence-corrected chi connectivity index (χ3v) is 3.87. The van der Waals surface area contributed by atoms with E-state index in [9.17, 15) is 23.9 Å². The molecule has 0 fully saturated rings. The standard InChI is InChI=1S/C24H36FNO7/c1-22(2,3)31-18(27)13-16(20(29)32-23(4,5)6)19(28)15-12-14(25)10-11-17(15)26-21(30)33-24(7,8)9/h10-12,16,19,28H,13H2,1-9H3,(H,26,30). The Morgan fingerprint density at radius 2 is 1.42 bits per heavy atom. The van der Waals surface area contributed by atoms with Crippen molar-refractivity contribution in [1.82, 2.24) is 0 Å². The topological polar surface area (TPSA) is 111 Å². The molecule has 2 atom stereocenters. The second-order valence-corrected chi connectivity index (χ2v) is 10.7. The van der Waals surface area contributed by atoms with Crippen molar-refractivity contribution in [3.8, 4) is 0 Å². The van der Waals surface area contributed by atoms with Crippen LogP contribution in [0, 0.1) is 11.7 Å². The average molecular weight is 470 g/mol. The number of esters is 2. The molecule has 0 radical (unpaired) electrons. The number of carbonyl (C=O) groups is 3. The van der Waals surface area contributed by atoms with Crippen molar-refractivity contribution in [3.63, 3.8) is 0 Å². The van der Waals surface area contributed by atoms with E-state index in [1.54, 1.807) is 62.3 Å². The van der Waals surface area contributed by atoms with E-state index in [4.69, 9.17) is 14.2 Å². The van der Waals surface area contributed by atoms with Crippen LogP contribution in [-0.4, -0.2) is 39.9 Å². The Kier molecular flexibility index (Phi) is 9.02. The molecule has 1 amide bonds. The molecule has 0 aliphatic carbocycles. The summed E-state index contributed by atoms with van der Waals surface area (Å²) in [5, 5.41) is 13.5. The third kappa shape index (κ3) is 10.7. The molecule has 2 unspecified atom stereocenters. The number of rotatable bonds is 6. The number of ether oxygens (including phenoxy) is 3. The maximum Gasteiger partial charge on any atom is 0.412 e. The van der Waals surface area contributed by atoms with Gasteiger partial charge in [0.25, 0.3) is 0 Å². The van der Waals surface area contributed by atoms with Crippen LogP contribution in [0.3, 0.4) is 0 Å². The molecule has 1 rings (SSSR count). The SMILES string of the molecule is CC(C)(C)OC(=O)CC(C(=O)OC(C)(C)C)C(O)c1cc(F)ccc1NC(=O)OC(C)(C)C. The molecule has 0 bridgehead atoms. The van der Waals surface area contributed by atoms with Crippen molar-refractivity contribution in [2.75, 3.05) is 5.32 Å². The summed E-state index contributed by atoms with van der Waals surface area (Å²) in [5.41, 5.74) is -2.60. The van der Waals surface area contributed by atoms with Crippen LogP contribution >= 0.6 is 0 Å². The monoisotopic (exact) mass is 469 g/mol. The number of amides is 1. The van der Waals surface area contributed by atoms with E-state index >= 15 is 0 Å². The van der Waals surface area contributed by atoms with Crippen LogP contribution in [0.5, 0.6) is 0 Å². The molecular weight excluding hydrogens is 433 g/mol. The Morgan fingerprint density at radius 3 is 1.91 bits per heavy atom. The Balaban J connectivity index is 3.33. The normalized spacial score (nSPS) is 14.2. The number of aliphatic hydroxyl groups is 1. The van der Waals surface area contributed by atoms with Gasteiger partial charge in [-0.25, -0.2) is 9.18 Å². The summed E-state index contributed by atoms with van der Waals surface area (Å²) in [6.07, 6.45) is -3.04. The van der Waals surface area contributed by atoms with E-state index in [-0.39, 0.29) is 11.3 Å². The van der Waals surface area contributed by atoms with E-state index in [0.717, 1.165) is 12.1 Å². The predicted octanol–water partition coefficient (Wildman–Crippen LogP) is 4.90. The lowest BCUT2D eigenvalue weighted by Crippen LogP contribution is -2.35. The zero-order chi connectivity index (χ0) is 25.8. The first-order valence-electron chi connectivity index (χ1n) is 10.7. The summed E-state index contributed by atoms with van der Waals surface area (Å²) < 4.78 is 29.9. The quantitative estimate of drug-likeness (QED) is 0.450. The molecule has 2 N–H and O–H groups in total. The van der Waals surface area contributed by atoms with Crippen molar-refractivity contribution >= 4 is 23.7 Å². The lowest BCUT2D eigenvalue weighted by molar-refractivity contribution is -0.171. The summed E-state index contributed by atoms with van der Waals surface area (Å²) in [6.45, 7) is 14.9. The van der Waals surface area contributed by atoms with Crippen LogP contribution in [0.1, 0.15) is 80.4 Å². The lowest BCUT2D eigenvalue weighted by Gasteiger charge is -2.28. The largest absolute Gasteiger partial charge is 0.460 e. The smallest absolute Gasteiger partial charge is 0.412 e. The number of carbonyl (C=O) groups excluding carboxylic acids is 3. The Hall–Kier alpha value is -2.68. The molecule has 1 aromatic carbocycles. The van der Waals surface area contributed by atoms with E-state index in [2.05, 4.69) is 5.32 Å². The summed E-state index contributed by atoms with van der Waals surface area (Å²) in [5.74, 6) is -3.73. The molecule has 0 aromatic heterocycles. The number of hydrogen-bond acceptors (Lipinski definition) is 7. The maximum atomic E-state index is 14.1. The summed E-state index contributed by atoms with van der Waals surface area (Å²) in [4.78, 5) is 37.6. The van der Waals surface area contributed by atoms with Crippen molar-refractivity contribution < 1.29 is 38.1 Å². The Morgan fingerprint density at radius 1 is 0.909 bits per heavy atom. The van der Waals surface area contributed by atoms with Gasteiger partial charge in [0.1, 0.15) is 22.6 Å². The number of halogens is 1. The number of aliphatic hydroxyl groups excluding tert-OH is 1. The van der Waals surface area contributed by atoms with Crippen molar-refractivity contribution in [2.45, 2.75) is 91.6 Å². The molecule has 186 valence electrons. The minimum Gasteiger partial charge on any atom is -0.460 e. The zero-order valence-electron chi connectivity index (χ0n) is 20.9. The molecule has 1 aromatic rings. The van der Waals surface area contributed by atoms with Gasteiger partial charge in [0.2, 0.25) is 0 Å². The van der Waals surface area contributed by atoms with E-state index in [0.29, 0.717) is 0 Å². The van der Waals surface area contributed by atoms with Gasteiger partial charge in [-0.3, -0.25) is 14.9 Å². The van der Waals surface area contributed by atoms with Gasteiger partial charge in [-0.05, 0) is 80.5 Å². The Bertz CT molecular complexity index is 863. The third-order valence-electron chi connectivity index (χ3n) is 3.87. The van der Waals surface area contributed by atoms with Gasteiger partial charge in [-0.15, -0.1) is 0 Å². The van der Waals surface area contributed by atoms with Crippen LogP contribution in [0.25, 0.3) is 0 Å². The molecular formula is C24H36FNO7. The van der Waals surface area contributed by atoms with E-state index in [1.807, 2.05) is 0 Å². The van der Waals surface area contributed by atoms with E-state index < -0.39 is 59.1 Å². The lowest BCUT2D eigenvalue weighted by atomic mass is 9.91. The van der Waals surface area contributed by atoms with Crippen molar-refractivity contribution in [2.24, 2.45) is 5.92 Å². The van der Waals surface area contributed by atoms with Crippen molar-refractivity contribution in [1.29, 1.82) is 0 Å². The number of nitrogens with one attached hydrogen (secondary N) is 1. The number of hydrogen-bond donors (Lipinski definition) is 2. The van der Waals surface area contributed by atoms with Gasteiger partial charge >= 0.3 is 18.0 Å². The summed E-state index contributed by atoms with van der Waals surface area (Å²) in [6, 6.07) is 3.29. The number of anilines is 1. The van der Waals surface area contributed by atoms with Gasteiger partial charge in [-0.1, -0.05) is 0 Å². The first-order chi connectivity index (χ1) is 14.8. The second-order valence-electron chi connectivity index (χ2n) is 10.7. The highest BCUT2D eigenvalue weighted by atomic mass is 19.1. The fraction of sp³-hybridized carbons (Fsp3) is 0.625. The van der Waals surface area contributed by atoms with Crippen LogP contribution in [0.4, 0.5) is 14.9 Å². The molecule has 0 saturated heterocycles. The van der Waals surface area contributed by atoms with Crippen molar-refractivity contribution in [3.05, 3.63) is 29.6 Å². The highest BCUT2D eigenvalue weighted by Gasteiger charge is 2.37. The van der Waals surface area contributed by atoms with E-state index in [1.165, 1.54) is 6.07 Å². The van der Waals surface area contributed by atoms with Gasteiger partial charge in [0.05, 0.1) is 24.1 Å². The molecule has 0 spiro atoms. The molecule has 8 nitrogen and oxygen atoms in total. The minimum absolute atomic E-state index is 0.0240. The second kappa shape index (κ2) is 10.5. The van der Waals surface area contributed by atoms with Gasteiger partial charge in [0.15, 0.2) is 0 Å². The van der Waals surface area contributed by atoms with Crippen LogP contribution in [0.2, 0.25) is 0 Å². The fourth-order valence-electron chi connectivity index (χ4n) is 2.79. The Labute approximate surface area is 194 Å². The summed E-state index contributed by atoms with van der Waals surface area (Å²) >= 11 is 0. The predicted molar refractivity (Wildman–Crippen MR) is 121 cm³/mol. The van der Waals surface area contributed by atoms with Gasteiger partial charge < -0.3 is 19.3 Å². The molecule has 0 heterocycles. The molecule has 9 heteroatoms. The first-order valence-corrected chi connectivity index (χ1v) is 10.7. The first kappa shape index (κ1) is 28.4. The van der Waals surface area contributed by atoms with Gasteiger partial charge in [-0.2, -0.15) is 0 Å². The highest BCUT2D eigenvalue weighted by molar-refractivity contribution is 5.87. The van der Waals surface area contributed by atoms with Crippen LogP contribution in [-0.2, 0) is 23.8 Å². The minimum atomic E-state index is -1.69.